The molecule has 0 saturated heterocycles. The van der Waals surface area contributed by atoms with Gasteiger partial charge < -0.3 is 10.1 Å². The maximum atomic E-state index is 12.7. The summed E-state index contributed by atoms with van der Waals surface area (Å²) in [5, 5.41) is 2.78. The number of aryl methyl sites for hydroxylation is 2. The van der Waals surface area contributed by atoms with Gasteiger partial charge >= 0.3 is 0 Å². The number of nitrogens with one attached hydrogen (secondary N) is 2. The van der Waals surface area contributed by atoms with Crippen molar-refractivity contribution in [1.29, 1.82) is 0 Å². The van der Waals surface area contributed by atoms with E-state index in [0.717, 1.165) is 36.1 Å². The SMILES string of the molecule is CCCCCOc1ccc(C(=O)Nc2ccc(S(=O)(=O)Nc3ccc(C)c(C)c3)cc2)cc1. The van der Waals surface area contributed by atoms with Gasteiger partial charge in [0.25, 0.3) is 15.9 Å². The molecular formula is C26H30N2O4S. The van der Waals surface area contributed by atoms with Crippen molar-refractivity contribution < 1.29 is 17.9 Å². The summed E-state index contributed by atoms with van der Waals surface area (Å²) in [6.45, 7) is 6.70. The molecule has 1 amide bonds. The Balaban J connectivity index is 1.60. The van der Waals surface area contributed by atoms with Gasteiger partial charge in [-0.25, -0.2) is 8.42 Å². The molecule has 0 heterocycles. The van der Waals surface area contributed by atoms with Crippen LogP contribution in [0.5, 0.6) is 5.75 Å². The van der Waals surface area contributed by atoms with Crippen LogP contribution >= 0.6 is 0 Å². The van der Waals surface area contributed by atoms with E-state index in [1.807, 2.05) is 19.9 Å². The second-order valence-corrected chi connectivity index (χ2v) is 9.65. The Morgan fingerprint density at radius 2 is 1.52 bits per heavy atom. The van der Waals surface area contributed by atoms with Gasteiger partial charge in [0, 0.05) is 16.9 Å². The quantitative estimate of drug-likeness (QED) is 0.363. The molecule has 0 aliphatic heterocycles. The van der Waals surface area contributed by atoms with Crippen molar-refractivity contribution in [1.82, 2.24) is 0 Å². The summed E-state index contributed by atoms with van der Waals surface area (Å²) in [7, 11) is -3.73. The van der Waals surface area contributed by atoms with Crippen LogP contribution < -0.4 is 14.8 Å². The molecule has 3 aromatic rings. The van der Waals surface area contributed by atoms with Gasteiger partial charge in [0.1, 0.15) is 5.75 Å². The zero-order chi connectivity index (χ0) is 23.8. The number of sulfonamides is 1. The summed E-state index contributed by atoms with van der Waals surface area (Å²) >= 11 is 0. The van der Waals surface area contributed by atoms with Gasteiger partial charge in [-0.3, -0.25) is 9.52 Å². The molecule has 3 rings (SSSR count). The number of carbonyl (C=O) groups is 1. The largest absolute Gasteiger partial charge is 0.494 e. The molecule has 0 aliphatic rings. The highest BCUT2D eigenvalue weighted by Crippen LogP contribution is 2.21. The summed E-state index contributed by atoms with van der Waals surface area (Å²) in [4.78, 5) is 12.6. The second kappa shape index (κ2) is 11.0. The van der Waals surface area contributed by atoms with E-state index in [9.17, 15) is 13.2 Å². The number of hydrogen-bond donors (Lipinski definition) is 2. The summed E-state index contributed by atoms with van der Waals surface area (Å²) in [6.07, 6.45) is 3.27. The van der Waals surface area contributed by atoms with E-state index in [1.54, 1.807) is 48.5 Å². The van der Waals surface area contributed by atoms with E-state index in [0.29, 0.717) is 23.5 Å². The van der Waals surface area contributed by atoms with Gasteiger partial charge in [-0.15, -0.1) is 0 Å². The first-order valence-corrected chi connectivity index (χ1v) is 12.5. The summed E-state index contributed by atoms with van der Waals surface area (Å²) in [5.41, 5.74) is 3.60. The second-order valence-electron chi connectivity index (χ2n) is 7.96. The molecule has 0 aliphatic carbocycles. The average molecular weight is 467 g/mol. The number of hydrogen-bond acceptors (Lipinski definition) is 4. The molecule has 0 atom stereocenters. The predicted octanol–water partition coefficient (Wildman–Crippen LogP) is 5.93. The number of anilines is 2. The summed E-state index contributed by atoms with van der Waals surface area (Å²) in [5.74, 6) is 0.449. The van der Waals surface area contributed by atoms with Gasteiger partial charge in [-0.05, 0) is 92.1 Å². The molecule has 7 heteroatoms. The maximum absolute atomic E-state index is 12.7. The molecule has 0 aromatic heterocycles. The summed E-state index contributed by atoms with van der Waals surface area (Å²) in [6, 6.07) is 18.4. The van der Waals surface area contributed by atoms with Crippen molar-refractivity contribution in [2.75, 3.05) is 16.6 Å². The molecule has 3 aromatic carbocycles. The minimum absolute atomic E-state index is 0.114. The predicted molar refractivity (Wildman–Crippen MR) is 133 cm³/mol. The van der Waals surface area contributed by atoms with Crippen molar-refractivity contribution in [3.05, 3.63) is 83.4 Å². The molecule has 0 bridgehead atoms. The molecule has 0 spiro atoms. The van der Waals surface area contributed by atoms with Crippen molar-refractivity contribution in [3.63, 3.8) is 0 Å². The number of benzene rings is 3. The fraction of sp³-hybridized carbons (Fsp3) is 0.269. The van der Waals surface area contributed by atoms with Crippen LogP contribution in [0.1, 0.15) is 47.7 Å². The highest BCUT2D eigenvalue weighted by Gasteiger charge is 2.15. The van der Waals surface area contributed by atoms with E-state index < -0.39 is 10.0 Å². The third-order valence-electron chi connectivity index (χ3n) is 5.31. The molecule has 174 valence electrons. The van der Waals surface area contributed by atoms with Crippen LogP contribution in [0.2, 0.25) is 0 Å². The van der Waals surface area contributed by atoms with Crippen molar-refractivity contribution in [2.45, 2.75) is 44.9 Å². The molecule has 0 saturated carbocycles. The lowest BCUT2D eigenvalue weighted by Gasteiger charge is -2.11. The molecule has 2 N–H and O–H groups in total. The fourth-order valence-corrected chi connectivity index (χ4v) is 4.23. The van der Waals surface area contributed by atoms with E-state index in [4.69, 9.17) is 4.74 Å². The molecule has 0 radical (unpaired) electrons. The van der Waals surface area contributed by atoms with Crippen LogP contribution in [-0.2, 0) is 10.0 Å². The third kappa shape index (κ3) is 6.83. The van der Waals surface area contributed by atoms with Crippen LogP contribution in [0.15, 0.2) is 71.6 Å². The lowest BCUT2D eigenvalue weighted by molar-refractivity contribution is 0.102. The van der Waals surface area contributed by atoms with E-state index in [2.05, 4.69) is 17.0 Å². The van der Waals surface area contributed by atoms with Crippen molar-refractivity contribution in [2.24, 2.45) is 0 Å². The van der Waals surface area contributed by atoms with Crippen molar-refractivity contribution in [3.8, 4) is 5.75 Å². The Kier molecular flexibility index (Phi) is 8.11. The Morgan fingerprint density at radius 3 is 2.15 bits per heavy atom. The van der Waals surface area contributed by atoms with Gasteiger partial charge in [0.15, 0.2) is 0 Å². The molecule has 33 heavy (non-hydrogen) atoms. The Bertz CT molecular complexity index is 1190. The van der Waals surface area contributed by atoms with E-state index in [-0.39, 0.29) is 10.8 Å². The zero-order valence-electron chi connectivity index (χ0n) is 19.2. The minimum Gasteiger partial charge on any atom is -0.494 e. The molecular weight excluding hydrogens is 436 g/mol. The molecule has 0 fully saturated rings. The minimum atomic E-state index is -3.73. The van der Waals surface area contributed by atoms with Gasteiger partial charge in [-0.1, -0.05) is 25.8 Å². The highest BCUT2D eigenvalue weighted by atomic mass is 32.2. The van der Waals surface area contributed by atoms with Gasteiger partial charge in [0.05, 0.1) is 11.5 Å². The van der Waals surface area contributed by atoms with Crippen LogP contribution in [0, 0.1) is 13.8 Å². The lowest BCUT2D eigenvalue weighted by atomic mass is 10.1. The van der Waals surface area contributed by atoms with E-state index in [1.165, 1.54) is 12.1 Å². The van der Waals surface area contributed by atoms with Gasteiger partial charge in [0.2, 0.25) is 0 Å². The Morgan fingerprint density at radius 1 is 0.848 bits per heavy atom. The van der Waals surface area contributed by atoms with Crippen LogP contribution in [-0.4, -0.2) is 20.9 Å². The average Bonchev–Trinajstić information content (AvgIpc) is 2.80. The first kappa shape index (κ1) is 24.3. The molecule has 6 nitrogen and oxygen atoms in total. The fourth-order valence-electron chi connectivity index (χ4n) is 3.18. The van der Waals surface area contributed by atoms with E-state index >= 15 is 0 Å². The van der Waals surface area contributed by atoms with Crippen molar-refractivity contribution >= 4 is 27.3 Å². The number of ether oxygens (including phenoxy) is 1. The summed E-state index contributed by atoms with van der Waals surface area (Å²) < 4.78 is 33.6. The highest BCUT2D eigenvalue weighted by molar-refractivity contribution is 7.92. The zero-order valence-corrected chi connectivity index (χ0v) is 20.0. The smallest absolute Gasteiger partial charge is 0.261 e. The monoisotopic (exact) mass is 466 g/mol. The molecule has 0 unspecified atom stereocenters. The number of rotatable bonds is 10. The van der Waals surface area contributed by atoms with Crippen LogP contribution in [0.25, 0.3) is 0 Å². The first-order valence-electron chi connectivity index (χ1n) is 11.0. The standard InChI is InChI=1S/C26H30N2O4S/c1-4-5-6-17-32-24-13-8-21(9-14-24)26(29)27-22-11-15-25(16-12-22)33(30,31)28-23-10-7-19(2)20(3)18-23/h7-16,18,28H,4-6,17H2,1-3H3,(H,27,29). The normalized spacial score (nSPS) is 11.1. The van der Waals surface area contributed by atoms with Gasteiger partial charge in [-0.2, -0.15) is 0 Å². The number of carbonyl (C=O) groups excluding carboxylic acids is 1. The maximum Gasteiger partial charge on any atom is 0.261 e. The number of unbranched alkanes of at least 4 members (excludes halogenated alkanes) is 2. The van der Waals surface area contributed by atoms with Crippen LogP contribution in [0.3, 0.4) is 0 Å². The Labute approximate surface area is 196 Å². The Hall–Kier alpha value is -3.32. The lowest BCUT2D eigenvalue weighted by Crippen LogP contribution is -2.14. The first-order chi connectivity index (χ1) is 15.8. The number of amides is 1. The topological polar surface area (TPSA) is 84.5 Å². The van der Waals surface area contributed by atoms with Crippen LogP contribution in [0.4, 0.5) is 11.4 Å². The third-order valence-corrected chi connectivity index (χ3v) is 6.71.